The molecule has 8 heteroatoms. The molecular weight excluding hydrogens is 270 g/mol. The maximum Gasteiger partial charge on any atom is 0.346 e. The van der Waals surface area contributed by atoms with E-state index in [0.717, 1.165) is 11.8 Å². The molecule has 1 aromatic rings. The number of hydrogen-bond donors (Lipinski definition) is 3. The number of nitrogens with zero attached hydrogens (tertiary/aromatic N) is 1. The van der Waals surface area contributed by atoms with E-state index >= 15 is 0 Å². The first kappa shape index (κ1) is 15.2. The van der Waals surface area contributed by atoms with Crippen LogP contribution in [0, 0.1) is 6.92 Å². The first-order valence-corrected chi connectivity index (χ1v) is 6.81. The summed E-state index contributed by atoms with van der Waals surface area (Å²) in [5, 5.41) is 11.6. The van der Waals surface area contributed by atoms with Crippen LogP contribution in [0.5, 0.6) is 0 Å². The zero-order chi connectivity index (χ0) is 14.6. The molecule has 1 aromatic heterocycles. The Morgan fingerprint density at radius 1 is 1.53 bits per heavy atom. The van der Waals surface area contributed by atoms with Crippen molar-refractivity contribution in [3.63, 3.8) is 0 Å². The van der Waals surface area contributed by atoms with Crippen LogP contribution in [0.4, 0.5) is 0 Å². The molecular formula is C11H15N3O4S. The molecule has 0 fully saturated rings. The summed E-state index contributed by atoms with van der Waals surface area (Å²) >= 11 is 1.16. The molecule has 1 amide bonds. The highest BCUT2D eigenvalue weighted by atomic mass is 32.2. The fourth-order valence-electron chi connectivity index (χ4n) is 1.54. The number of amides is 1. The molecule has 7 nitrogen and oxygen atoms in total. The third-order valence-electron chi connectivity index (χ3n) is 2.52. The molecule has 1 rings (SSSR count). The molecule has 1 atom stereocenters. The quantitative estimate of drug-likeness (QED) is 0.533. The Kier molecular flexibility index (Phi) is 5.11. The van der Waals surface area contributed by atoms with Crippen LogP contribution in [-0.4, -0.2) is 39.2 Å². The SMILES string of the molecule is CC[C@H](NC(=O)c1c(SC)nc(=O)[nH]c1C)C(=O)O. The van der Waals surface area contributed by atoms with Gasteiger partial charge in [-0.2, -0.15) is 4.98 Å². The number of nitrogens with one attached hydrogen (secondary N) is 2. The molecule has 0 aromatic carbocycles. The number of thioether (sulfide) groups is 1. The molecule has 1 heterocycles. The third-order valence-corrected chi connectivity index (χ3v) is 3.20. The van der Waals surface area contributed by atoms with Gasteiger partial charge in [0, 0.05) is 5.69 Å². The molecule has 0 spiro atoms. The van der Waals surface area contributed by atoms with Crippen molar-refractivity contribution in [1.82, 2.24) is 15.3 Å². The summed E-state index contributed by atoms with van der Waals surface area (Å²) in [7, 11) is 0. The third kappa shape index (κ3) is 3.57. The number of aliphatic carboxylic acids is 1. The number of H-pyrrole nitrogens is 1. The number of aryl methyl sites for hydroxylation is 1. The Morgan fingerprint density at radius 3 is 2.63 bits per heavy atom. The zero-order valence-electron chi connectivity index (χ0n) is 10.8. The average molecular weight is 285 g/mol. The van der Waals surface area contributed by atoms with E-state index in [2.05, 4.69) is 15.3 Å². The van der Waals surface area contributed by atoms with E-state index in [-0.39, 0.29) is 17.0 Å². The van der Waals surface area contributed by atoms with Crippen molar-refractivity contribution < 1.29 is 14.7 Å². The Hall–Kier alpha value is -1.83. The van der Waals surface area contributed by atoms with Crippen LogP contribution in [0.3, 0.4) is 0 Å². The highest BCUT2D eigenvalue weighted by Gasteiger charge is 2.22. The molecule has 104 valence electrons. The Balaban J connectivity index is 3.12. The molecule has 19 heavy (non-hydrogen) atoms. The largest absolute Gasteiger partial charge is 0.480 e. The van der Waals surface area contributed by atoms with E-state index in [1.165, 1.54) is 0 Å². The van der Waals surface area contributed by atoms with Gasteiger partial charge in [-0.05, 0) is 19.6 Å². The number of carbonyl (C=O) groups excluding carboxylic acids is 1. The number of carboxylic acid groups (broad SMARTS) is 1. The topological polar surface area (TPSA) is 112 Å². The number of aromatic nitrogens is 2. The summed E-state index contributed by atoms with van der Waals surface area (Å²) < 4.78 is 0. The van der Waals surface area contributed by atoms with Crippen molar-refractivity contribution in [3.05, 3.63) is 21.7 Å². The molecule has 0 aliphatic rings. The Labute approximate surface area is 113 Å². The number of rotatable bonds is 5. The summed E-state index contributed by atoms with van der Waals surface area (Å²) in [5.41, 5.74) is 0.0255. The lowest BCUT2D eigenvalue weighted by Crippen LogP contribution is -2.41. The molecule has 3 N–H and O–H groups in total. The van der Waals surface area contributed by atoms with Gasteiger partial charge >= 0.3 is 11.7 Å². The lowest BCUT2D eigenvalue weighted by atomic mass is 10.2. The monoisotopic (exact) mass is 285 g/mol. The van der Waals surface area contributed by atoms with Crippen LogP contribution in [-0.2, 0) is 4.79 Å². The van der Waals surface area contributed by atoms with Gasteiger partial charge in [0.15, 0.2) is 0 Å². The predicted molar refractivity (Wildman–Crippen MR) is 70.6 cm³/mol. The summed E-state index contributed by atoms with van der Waals surface area (Å²) in [4.78, 5) is 40.3. The maximum atomic E-state index is 12.1. The number of aromatic amines is 1. The number of hydrogen-bond acceptors (Lipinski definition) is 5. The van der Waals surface area contributed by atoms with Crippen LogP contribution >= 0.6 is 11.8 Å². The highest BCUT2D eigenvalue weighted by Crippen LogP contribution is 2.18. The zero-order valence-corrected chi connectivity index (χ0v) is 11.6. The van der Waals surface area contributed by atoms with E-state index in [9.17, 15) is 14.4 Å². The summed E-state index contributed by atoms with van der Waals surface area (Å²) in [6, 6.07) is -0.964. The van der Waals surface area contributed by atoms with Crippen molar-refractivity contribution in [2.24, 2.45) is 0 Å². The van der Waals surface area contributed by atoms with E-state index in [0.29, 0.717) is 5.69 Å². The predicted octanol–water partition coefficient (Wildman–Crippen LogP) is 0.393. The van der Waals surface area contributed by atoms with Crippen molar-refractivity contribution in [3.8, 4) is 0 Å². The van der Waals surface area contributed by atoms with Crippen molar-refractivity contribution in [2.75, 3.05) is 6.26 Å². The first-order valence-electron chi connectivity index (χ1n) is 5.59. The van der Waals surface area contributed by atoms with Crippen LogP contribution in [0.2, 0.25) is 0 Å². The minimum absolute atomic E-state index is 0.201. The van der Waals surface area contributed by atoms with Crippen molar-refractivity contribution in [1.29, 1.82) is 0 Å². The smallest absolute Gasteiger partial charge is 0.346 e. The second-order valence-electron chi connectivity index (χ2n) is 3.82. The highest BCUT2D eigenvalue weighted by molar-refractivity contribution is 7.98. The van der Waals surface area contributed by atoms with E-state index < -0.39 is 23.6 Å². The van der Waals surface area contributed by atoms with Crippen molar-refractivity contribution in [2.45, 2.75) is 31.3 Å². The number of carboxylic acids is 1. The van der Waals surface area contributed by atoms with E-state index in [4.69, 9.17) is 5.11 Å². The van der Waals surface area contributed by atoms with E-state index in [1.807, 2.05) is 0 Å². The normalized spacial score (nSPS) is 11.9. The van der Waals surface area contributed by atoms with Gasteiger partial charge in [0.2, 0.25) is 0 Å². The molecule has 0 aliphatic heterocycles. The minimum atomic E-state index is -1.10. The van der Waals surface area contributed by atoms with Crippen LogP contribution in [0.1, 0.15) is 29.4 Å². The lowest BCUT2D eigenvalue weighted by molar-refractivity contribution is -0.139. The summed E-state index contributed by atoms with van der Waals surface area (Å²) in [6.45, 7) is 3.23. The molecule has 0 saturated carbocycles. The fourth-order valence-corrected chi connectivity index (χ4v) is 2.17. The van der Waals surface area contributed by atoms with Gasteiger partial charge in [-0.15, -0.1) is 11.8 Å². The minimum Gasteiger partial charge on any atom is -0.480 e. The van der Waals surface area contributed by atoms with Gasteiger partial charge in [-0.25, -0.2) is 9.59 Å². The summed E-state index contributed by atoms with van der Waals surface area (Å²) in [6.07, 6.45) is 1.96. The second-order valence-corrected chi connectivity index (χ2v) is 4.62. The maximum absolute atomic E-state index is 12.1. The molecule has 0 radical (unpaired) electrons. The molecule has 0 bridgehead atoms. The standard InChI is InChI=1S/C11H15N3O4S/c1-4-6(10(16)17)13-8(15)7-5(2)12-11(18)14-9(7)19-3/h6H,4H2,1-3H3,(H,13,15)(H,16,17)(H,12,14,18)/t6-/m0/s1. The van der Waals surface area contributed by atoms with Crippen molar-refractivity contribution >= 4 is 23.6 Å². The molecule has 0 aliphatic carbocycles. The van der Waals surface area contributed by atoms with Gasteiger partial charge in [0.1, 0.15) is 11.1 Å². The van der Waals surface area contributed by atoms with Crippen LogP contribution in [0.25, 0.3) is 0 Å². The van der Waals surface area contributed by atoms with Gasteiger partial charge < -0.3 is 15.4 Å². The first-order chi connectivity index (χ1) is 8.90. The van der Waals surface area contributed by atoms with Gasteiger partial charge in [0.25, 0.3) is 5.91 Å². The van der Waals surface area contributed by atoms with Crippen LogP contribution in [0.15, 0.2) is 9.82 Å². The second kappa shape index (κ2) is 6.37. The lowest BCUT2D eigenvalue weighted by Gasteiger charge is -2.14. The Bertz CT molecular complexity index is 555. The van der Waals surface area contributed by atoms with Gasteiger partial charge in [-0.1, -0.05) is 6.92 Å². The van der Waals surface area contributed by atoms with Gasteiger partial charge in [-0.3, -0.25) is 4.79 Å². The average Bonchev–Trinajstić information content (AvgIpc) is 2.33. The van der Waals surface area contributed by atoms with Gasteiger partial charge in [0.05, 0.1) is 5.56 Å². The Morgan fingerprint density at radius 2 is 2.16 bits per heavy atom. The fraction of sp³-hybridized carbons (Fsp3) is 0.455. The molecule has 0 unspecified atom stereocenters. The summed E-state index contributed by atoms with van der Waals surface area (Å²) in [5.74, 6) is -1.66. The number of carbonyl (C=O) groups is 2. The van der Waals surface area contributed by atoms with E-state index in [1.54, 1.807) is 20.1 Å². The van der Waals surface area contributed by atoms with Crippen LogP contribution < -0.4 is 11.0 Å². The molecule has 0 saturated heterocycles.